The second-order valence-corrected chi connectivity index (χ2v) is 5.39. The van der Waals surface area contributed by atoms with E-state index in [9.17, 15) is 18.4 Å². The van der Waals surface area contributed by atoms with Gasteiger partial charge < -0.3 is 9.72 Å². The first-order valence-electron chi connectivity index (χ1n) is 7.07. The molecule has 1 atom stereocenters. The third kappa shape index (κ3) is 3.16. The molecule has 8 heteroatoms. The highest BCUT2D eigenvalue weighted by Gasteiger charge is 2.27. The normalized spacial score (nSPS) is 15.7. The maximum atomic E-state index is 12.2. The molecular weight excluding hydrogens is 308 g/mol. The van der Waals surface area contributed by atoms with Gasteiger partial charge in [-0.25, -0.2) is 4.79 Å². The van der Waals surface area contributed by atoms with Gasteiger partial charge in [-0.1, -0.05) is 12.1 Å². The van der Waals surface area contributed by atoms with Crippen LogP contribution in [0.1, 0.15) is 29.8 Å². The number of rotatable bonds is 4. The molecule has 0 amide bonds. The Morgan fingerprint density at radius 1 is 1.13 bits per heavy atom. The van der Waals surface area contributed by atoms with Crippen molar-refractivity contribution in [3.63, 3.8) is 0 Å². The summed E-state index contributed by atoms with van der Waals surface area (Å²) in [6.45, 7) is -0.0424. The zero-order chi connectivity index (χ0) is 16.6. The lowest BCUT2D eigenvalue weighted by molar-refractivity contribution is -0.0498. The van der Waals surface area contributed by atoms with Crippen LogP contribution in [-0.4, -0.2) is 21.5 Å². The zero-order valence-electron chi connectivity index (χ0n) is 12.3. The van der Waals surface area contributed by atoms with Gasteiger partial charge >= 0.3 is 12.3 Å². The lowest BCUT2D eigenvalue weighted by Gasteiger charge is -2.24. The lowest BCUT2D eigenvalue weighted by atomic mass is 10.1. The average Bonchev–Trinajstić information content (AvgIpc) is 2.91. The fourth-order valence-corrected chi connectivity index (χ4v) is 2.74. The number of ether oxygens (including phenoxy) is 1. The highest BCUT2D eigenvalue weighted by molar-refractivity contribution is 5.30. The van der Waals surface area contributed by atoms with E-state index in [1.165, 1.54) is 12.1 Å². The van der Waals surface area contributed by atoms with Crippen molar-refractivity contribution in [3.8, 4) is 5.75 Å². The fourth-order valence-electron chi connectivity index (χ4n) is 2.74. The number of alkyl halides is 2. The average molecular weight is 323 g/mol. The Balaban J connectivity index is 1.77. The summed E-state index contributed by atoms with van der Waals surface area (Å²) in [6, 6.07) is 6.33. The topological polar surface area (TPSA) is 78.2 Å². The first kappa shape index (κ1) is 15.4. The highest BCUT2D eigenvalue weighted by Crippen LogP contribution is 2.29. The Kier molecular flexibility index (Phi) is 3.99. The molecule has 0 bridgehead atoms. The molecule has 1 aromatic heterocycles. The number of fused-ring (bicyclic) bond motifs is 1. The summed E-state index contributed by atoms with van der Waals surface area (Å²) in [6.07, 6.45) is 0. The molecule has 23 heavy (non-hydrogen) atoms. The van der Waals surface area contributed by atoms with Crippen LogP contribution in [0.2, 0.25) is 0 Å². The summed E-state index contributed by atoms with van der Waals surface area (Å²) >= 11 is 0. The van der Waals surface area contributed by atoms with Crippen molar-refractivity contribution in [2.45, 2.75) is 32.7 Å². The largest absolute Gasteiger partial charge is 0.435 e. The van der Waals surface area contributed by atoms with E-state index in [1.807, 2.05) is 11.8 Å². The van der Waals surface area contributed by atoms with Crippen LogP contribution >= 0.6 is 0 Å². The summed E-state index contributed by atoms with van der Waals surface area (Å²) in [5.74, 6) is 0.0985. The van der Waals surface area contributed by atoms with E-state index < -0.39 is 12.3 Å². The summed E-state index contributed by atoms with van der Waals surface area (Å²) in [5, 5.41) is 0. The first-order chi connectivity index (χ1) is 10.9. The predicted molar refractivity (Wildman–Crippen MR) is 78.4 cm³/mol. The van der Waals surface area contributed by atoms with Gasteiger partial charge in [0.05, 0.1) is 5.56 Å². The van der Waals surface area contributed by atoms with Gasteiger partial charge in [0.25, 0.3) is 5.56 Å². The van der Waals surface area contributed by atoms with Gasteiger partial charge in [0.15, 0.2) is 0 Å². The van der Waals surface area contributed by atoms with Crippen molar-refractivity contribution in [2.24, 2.45) is 0 Å². The molecule has 0 fully saturated rings. The van der Waals surface area contributed by atoms with Crippen molar-refractivity contribution < 1.29 is 13.5 Å². The Hall–Kier alpha value is -2.48. The number of nitrogens with one attached hydrogen (secondary N) is 2. The molecule has 1 aliphatic rings. The van der Waals surface area contributed by atoms with Crippen molar-refractivity contribution in [1.29, 1.82) is 0 Å². The van der Waals surface area contributed by atoms with Crippen LogP contribution in [0.15, 0.2) is 33.9 Å². The number of hydrogen-bond acceptors (Lipinski definition) is 4. The first-order valence-corrected chi connectivity index (χ1v) is 7.07. The number of H-pyrrole nitrogens is 2. The minimum absolute atomic E-state index is 0.0501. The molecule has 0 radical (unpaired) electrons. The van der Waals surface area contributed by atoms with Crippen molar-refractivity contribution >= 4 is 0 Å². The van der Waals surface area contributed by atoms with E-state index in [-0.39, 0.29) is 17.4 Å². The summed E-state index contributed by atoms with van der Waals surface area (Å²) in [5.41, 5.74) is 1.17. The molecule has 122 valence electrons. The Labute approximate surface area is 129 Å². The van der Waals surface area contributed by atoms with Gasteiger partial charge in [-0.2, -0.15) is 8.78 Å². The molecule has 0 saturated heterocycles. The molecule has 2 aromatic rings. The molecule has 1 aromatic carbocycles. The van der Waals surface area contributed by atoms with Gasteiger partial charge in [0.1, 0.15) is 5.75 Å². The van der Waals surface area contributed by atoms with E-state index in [2.05, 4.69) is 14.7 Å². The van der Waals surface area contributed by atoms with Crippen LogP contribution in [0.5, 0.6) is 5.75 Å². The number of hydrogen-bond donors (Lipinski definition) is 2. The lowest BCUT2D eigenvalue weighted by Crippen LogP contribution is -2.26. The number of benzene rings is 1. The minimum atomic E-state index is -2.85. The molecule has 0 spiro atoms. The molecule has 1 unspecified atom stereocenters. The third-order valence-electron chi connectivity index (χ3n) is 3.99. The predicted octanol–water partition coefficient (Wildman–Crippen LogP) is 1.74. The Bertz CT molecular complexity index is 814. The van der Waals surface area contributed by atoms with Gasteiger partial charge in [0.2, 0.25) is 0 Å². The maximum Gasteiger partial charge on any atom is 0.387 e. The van der Waals surface area contributed by atoms with Gasteiger partial charge in [0, 0.05) is 24.8 Å². The van der Waals surface area contributed by atoms with E-state index in [4.69, 9.17) is 0 Å². The van der Waals surface area contributed by atoms with E-state index in [0.717, 1.165) is 5.56 Å². The summed E-state index contributed by atoms with van der Waals surface area (Å²) in [4.78, 5) is 30.0. The molecule has 6 nitrogen and oxygen atoms in total. The fraction of sp³-hybridized carbons (Fsp3) is 0.333. The second-order valence-electron chi connectivity index (χ2n) is 5.39. The van der Waals surface area contributed by atoms with E-state index >= 15 is 0 Å². The van der Waals surface area contributed by atoms with Crippen LogP contribution in [0.3, 0.4) is 0 Å². The summed E-state index contributed by atoms with van der Waals surface area (Å²) < 4.78 is 28.6. The molecule has 1 aliphatic heterocycles. The van der Waals surface area contributed by atoms with Gasteiger partial charge in [-0.15, -0.1) is 0 Å². The number of aromatic nitrogens is 2. The smallest absolute Gasteiger partial charge is 0.387 e. The molecule has 0 saturated carbocycles. The zero-order valence-corrected chi connectivity index (χ0v) is 12.3. The van der Waals surface area contributed by atoms with Crippen molar-refractivity contribution in [1.82, 2.24) is 14.9 Å². The Morgan fingerprint density at radius 2 is 1.83 bits per heavy atom. The van der Waals surface area contributed by atoms with Crippen molar-refractivity contribution in [3.05, 3.63) is 61.9 Å². The second kappa shape index (κ2) is 5.96. The van der Waals surface area contributed by atoms with Crippen LogP contribution in [0, 0.1) is 0 Å². The molecule has 3 rings (SSSR count). The molecule has 0 aliphatic carbocycles. The number of aromatic amines is 2. The van der Waals surface area contributed by atoms with Gasteiger partial charge in [-0.05, 0) is 24.6 Å². The summed E-state index contributed by atoms with van der Waals surface area (Å²) in [7, 11) is 0. The molecular formula is C15H15F2N3O3. The molecule has 2 N–H and O–H groups in total. The van der Waals surface area contributed by atoms with Crippen molar-refractivity contribution in [2.75, 3.05) is 0 Å². The SMILES string of the molecule is CC(c1ccc(OC(F)F)cc1)N1Cc2[nH]c(=O)[nH]c(=O)c2C1. The van der Waals surface area contributed by atoms with Crippen LogP contribution in [0.4, 0.5) is 8.78 Å². The minimum Gasteiger partial charge on any atom is -0.435 e. The Morgan fingerprint density at radius 3 is 2.48 bits per heavy atom. The molecule has 2 heterocycles. The van der Waals surface area contributed by atoms with E-state index in [1.54, 1.807) is 12.1 Å². The highest BCUT2D eigenvalue weighted by atomic mass is 19.3. The van der Waals surface area contributed by atoms with Crippen LogP contribution in [-0.2, 0) is 13.1 Å². The maximum absolute atomic E-state index is 12.2. The third-order valence-corrected chi connectivity index (χ3v) is 3.99. The number of halogens is 2. The van der Waals surface area contributed by atoms with Crippen LogP contribution < -0.4 is 16.0 Å². The monoisotopic (exact) mass is 323 g/mol. The van der Waals surface area contributed by atoms with Gasteiger partial charge in [-0.3, -0.25) is 14.7 Å². The van der Waals surface area contributed by atoms with Crippen LogP contribution in [0.25, 0.3) is 0 Å². The number of nitrogens with zero attached hydrogens (tertiary/aromatic N) is 1. The van der Waals surface area contributed by atoms with E-state index in [0.29, 0.717) is 24.3 Å². The quantitative estimate of drug-likeness (QED) is 0.898. The standard InChI is InChI=1S/C15H15F2N3O3/c1-8(9-2-4-10(5-3-9)23-14(16)17)20-6-11-12(7-20)18-15(22)19-13(11)21/h2-5,8,14H,6-7H2,1H3,(H2,18,19,21,22).